The minimum absolute atomic E-state index is 0.0357. The highest BCUT2D eigenvalue weighted by Crippen LogP contribution is 2.31. The first-order chi connectivity index (χ1) is 13.2. The Kier molecular flexibility index (Phi) is 4.49. The summed E-state index contributed by atoms with van der Waals surface area (Å²) in [6.07, 6.45) is 1.99. The lowest BCUT2D eigenvalue weighted by Gasteiger charge is -2.21. The molecular weight excluding hydrogens is 340 g/mol. The van der Waals surface area contributed by atoms with E-state index in [2.05, 4.69) is 0 Å². The van der Waals surface area contributed by atoms with E-state index < -0.39 is 4.92 Å². The fourth-order valence-corrected chi connectivity index (χ4v) is 2.91. The molecule has 0 fully saturated rings. The molecule has 0 amide bonds. The van der Waals surface area contributed by atoms with Gasteiger partial charge in [0.2, 0.25) is 5.90 Å². The van der Waals surface area contributed by atoms with Crippen LogP contribution in [0.4, 0.5) is 5.69 Å². The predicted molar refractivity (Wildman–Crippen MR) is 104 cm³/mol. The van der Waals surface area contributed by atoms with Crippen LogP contribution in [0.5, 0.6) is 0 Å². The Morgan fingerprint density at radius 1 is 0.815 bits per heavy atom. The second kappa shape index (κ2) is 7.25. The van der Waals surface area contributed by atoms with Crippen molar-refractivity contribution in [2.24, 2.45) is 4.99 Å². The van der Waals surface area contributed by atoms with Gasteiger partial charge in [-0.05, 0) is 23.8 Å². The number of non-ortho nitro benzene ring substituents is 1. The van der Waals surface area contributed by atoms with E-state index in [1.54, 1.807) is 12.1 Å². The van der Waals surface area contributed by atoms with Gasteiger partial charge in [-0.2, -0.15) is 0 Å². The zero-order valence-electron chi connectivity index (χ0n) is 14.4. The van der Waals surface area contributed by atoms with Gasteiger partial charge in [0.1, 0.15) is 11.8 Å². The fourth-order valence-electron chi connectivity index (χ4n) is 2.91. The lowest BCUT2D eigenvalue weighted by atomic mass is 10.0. The third kappa shape index (κ3) is 3.62. The lowest BCUT2D eigenvalue weighted by Crippen LogP contribution is -2.14. The number of benzene rings is 3. The average Bonchev–Trinajstić information content (AvgIpc) is 2.75. The van der Waals surface area contributed by atoms with Gasteiger partial charge in [0.25, 0.3) is 5.69 Å². The Bertz CT molecular complexity index is 1010. The normalized spacial score (nSPS) is 16.1. The smallest absolute Gasteiger partial charge is 0.269 e. The van der Waals surface area contributed by atoms with Crippen molar-refractivity contribution in [2.45, 2.75) is 6.04 Å². The molecular formula is C22H16N2O3. The van der Waals surface area contributed by atoms with Crippen LogP contribution in [0.3, 0.4) is 0 Å². The highest BCUT2D eigenvalue weighted by Gasteiger charge is 2.21. The Labute approximate surface area is 156 Å². The Balaban J connectivity index is 1.74. The van der Waals surface area contributed by atoms with E-state index >= 15 is 0 Å². The van der Waals surface area contributed by atoms with Gasteiger partial charge in [0.05, 0.1) is 4.92 Å². The fraction of sp³-hybridized carbons (Fsp3) is 0.0455. The van der Waals surface area contributed by atoms with Crippen LogP contribution in [-0.4, -0.2) is 10.8 Å². The van der Waals surface area contributed by atoms with Gasteiger partial charge in [-0.1, -0.05) is 60.7 Å². The number of nitro groups is 1. The molecule has 0 saturated heterocycles. The van der Waals surface area contributed by atoms with Gasteiger partial charge in [-0.3, -0.25) is 10.1 Å². The number of rotatable bonds is 4. The van der Waals surface area contributed by atoms with Crippen molar-refractivity contribution in [1.82, 2.24) is 0 Å². The van der Waals surface area contributed by atoms with E-state index in [1.165, 1.54) is 12.1 Å². The van der Waals surface area contributed by atoms with Crippen molar-refractivity contribution in [3.63, 3.8) is 0 Å². The maximum absolute atomic E-state index is 10.9. The highest BCUT2D eigenvalue weighted by atomic mass is 16.6. The van der Waals surface area contributed by atoms with E-state index in [-0.39, 0.29) is 11.7 Å². The maximum atomic E-state index is 10.9. The third-order valence-corrected chi connectivity index (χ3v) is 4.30. The number of nitro benzene ring substituents is 1. The van der Waals surface area contributed by atoms with Crippen molar-refractivity contribution in [3.05, 3.63) is 118 Å². The van der Waals surface area contributed by atoms with E-state index in [1.807, 2.05) is 66.7 Å². The summed E-state index contributed by atoms with van der Waals surface area (Å²) in [6.45, 7) is 0. The van der Waals surface area contributed by atoms with Crippen molar-refractivity contribution >= 4 is 17.3 Å². The lowest BCUT2D eigenvalue weighted by molar-refractivity contribution is -0.384. The molecule has 0 bridgehead atoms. The molecule has 0 unspecified atom stereocenters. The molecule has 0 radical (unpaired) electrons. The molecule has 1 aliphatic heterocycles. The molecule has 1 heterocycles. The summed E-state index contributed by atoms with van der Waals surface area (Å²) < 4.78 is 6.05. The average molecular weight is 356 g/mol. The molecule has 0 spiro atoms. The molecule has 4 rings (SSSR count). The van der Waals surface area contributed by atoms with E-state index in [9.17, 15) is 10.1 Å². The van der Waals surface area contributed by atoms with Crippen LogP contribution in [0.15, 0.2) is 96.0 Å². The van der Waals surface area contributed by atoms with E-state index in [4.69, 9.17) is 9.73 Å². The minimum Gasteiger partial charge on any atom is -0.438 e. The maximum Gasteiger partial charge on any atom is 0.269 e. The van der Waals surface area contributed by atoms with Gasteiger partial charge in [0.15, 0.2) is 0 Å². The van der Waals surface area contributed by atoms with Crippen LogP contribution in [0, 0.1) is 10.1 Å². The molecule has 3 aromatic carbocycles. The highest BCUT2D eigenvalue weighted by molar-refractivity contribution is 5.98. The Morgan fingerprint density at radius 2 is 1.44 bits per heavy atom. The van der Waals surface area contributed by atoms with Crippen molar-refractivity contribution < 1.29 is 9.66 Å². The summed E-state index contributed by atoms with van der Waals surface area (Å²) in [6, 6.07) is 25.8. The number of hydrogen-bond donors (Lipinski definition) is 0. The molecule has 0 saturated carbocycles. The molecule has 0 aliphatic carbocycles. The van der Waals surface area contributed by atoms with E-state index in [0.29, 0.717) is 17.2 Å². The molecule has 132 valence electrons. The molecule has 1 atom stereocenters. The zero-order chi connectivity index (χ0) is 18.6. The first-order valence-electron chi connectivity index (χ1n) is 8.53. The van der Waals surface area contributed by atoms with E-state index in [0.717, 1.165) is 11.1 Å². The van der Waals surface area contributed by atoms with Gasteiger partial charge < -0.3 is 4.74 Å². The van der Waals surface area contributed by atoms with Crippen LogP contribution >= 0.6 is 0 Å². The number of hydrogen-bond acceptors (Lipinski definition) is 4. The Morgan fingerprint density at radius 3 is 2.07 bits per heavy atom. The zero-order valence-corrected chi connectivity index (χ0v) is 14.4. The molecule has 1 aliphatic rings. The second-order valence-electron chi connectivity index (χ2n) is 6.09. The first-order valence-corrected chi connectivity index (χ1v) is 8.53. The van der Waals surface area contributed by atoms with Gasteiger partial charge >= 0.3 is 0 Å². The summed E-state index contributed by atoms with van der Waals surface area (Å²) in [4.78, 5) is 15.2. The van der Waals surface area contributed by atoms with Crippen molar-refractivity contribution in [1.29, 1.82) is 0 Å². The van der Waals surface area contributed by atoms with Crippen molar-refractivity contribution in [2.75, 3.05) is 0 Å². The van der Waals surface area contributed by atoms with Crippen LogP contribution < -0.4 is 0 Å². The molecule has 27 heavy (non-hydrogen) atoms. The molecule has 5 heteroatoms. The number of aliphatic imine (C=N–C) groups is 1. The van der Waals surface area contributed by atoms with Crippen LogP contribution in [-0.2, 0) is 4.74 Å². The standard InChI is InChI=1S/C22H16N2O3/c25-24(26)19-13-11-18(12-14-19)22-23-20(16-7-3-1-4-8-16)15-21(27-22)17-9-5-2-6-10-17/h1-15,20H/t20-/m0/s1. The molecule has 0 aromatic heterocycles. The summed E-state index contributed by atoms with van der Waals surface area (Å²) >= 11 is 0. The minimum atomic E-state index is -0.421. The Hall–Kier alpha value is -3.73. The molecule has 0 N–H and O–H groups in total. The summed E-state index contributed by atoms with van der Waals surface area (Å²) in [5.74, 6) is 1.16. The van der Waals surface area contributed by atoms with Crippen LogP contribution in [0.25, 0.3) is 5.76 Å². The number of ether oxygens (including phenoxy) is 1. The molecule has 5 nitrogen and oxygen atoms in total. The first kappa shape index (κ1) is 16.7. The van der Waals surface area contributed by atoms with Gasteiger partial charge in [0, 0.05) is 23.3 Å². The van der Waals surface area contributed by atoms with Gasteiger partial charge in [-0.15, -0.1) is 0 Å². The monoisotopic (exact) mass is 356 g/mol. The summed E-state index contributed by atoms with van der Waals surface area (Å²) in [7, 11) is 0. The predicted octanol–water partition coefficient (Wildman–Crippen LogP) is 5.15. The second-order valence-corrected chi connectivity index (χ2v) is 6.09. The summed E-state index contributed by atoms with van der Waals surface area (Å²) in [5.41, 5.74) is 2.73. The number of nitrogens with zero attached hydrogens (tertiary/aromatic N) is 2. The van der Waals surface area contributed by atoms with Gasteiger partial charge in [-0.25, -0.2) is 4.99 Å². The largest absolute Gasteiger partial charge is 0.438 e. The summed E-state index contributed by atoms with van der Waals surface area (Å²) in [5, 5.41) is 10.9. The third-order valence-electron chi connectivity index (χ3n) is 4.30. The van der Waals surface area contributed by atoms with Crippen molar-refractivity contribution in [3.8, 4) is 0 Å². The quantitative estimate of drug-likeness (QED) is 0.479. The SMILES string of the molecule is O=[N+]([O-])c1ccc(C2=N[C@H](c3ccccc3)C=C(c3ccccc3)O2)cc1. The topological polar surface area (TPSA) is 64.7 Å². The van der Waals surface area contributed by atoms with Crippen LogP contribution in [0.2, 0.25) is 0 Å². The van der Waals surface area contributed by atoms with Crippen LogP contribution in [0.1, 0.15) is 22.7 Å². The molecule has 3 aromatic rings.